The maximum Gasteiger partial charge on any atom is 0.221 e. The van der Waals surface area contributed by atoms with Crippen LogP contribution in [-0.4, -0.2) is 19.3 Å². The lowest BCUT2D eigenvalue weighted by Crippen LogP contribution is -2.18. The molecule has 3 unspecified atom stereocenters. The first kappa shape index (κ1) is 18.1. The van der Waals surface area contributed by atoms with E-state index >= 15 is 0 Å². The molecule has 0 aliphatic carbocycles. The van der Waals surface area contributed by atoms with E-state index in [1.165, 1.54) is 0 Å². The van der Waals surface area contributed by atoms with Crippen LogP contribution in [0.5, 0.6) is 0 Å². The molecular weight excluding hydrogens is 363 g/mol. The van der Waals surface area contributed by atoms with Crippen LogP contribution in [0.3, 0.4) is 0 Å². The molecule has 0 rings (SSSR count). The summed E-state index contributed by atoms with van der Waals surface area (Å²) in [5, 5.41) is 0.996. The molecule has 0 saturated carbocycles. The van der Waals surface area contributed by atoms with Crippen molar-refractivity contribution in [3.63, 3.8) is 0 Å². The van der Waals surface area contributed by atoms with Crippen LogP contribution < -0.4 is 0 Å². The number of alkyl halides is 1. The molecule has 0 heterocycles. The Hall–Kier alpha value is 2.08. The maximum atomic E-state index is 2.62. The minimum Gasteiger partial charge on any atom is -0.139 e. The van der Waals surface area contributed by atoms with E-state index in [1.807, 2.05) is 0 Å². The third-order valence-electron chi connectivity index (χ3n) is 1.64. The van der Waals surface area contributed by atoms with Gasteiger partial charge in [-0.15, -0.1) is 25.4 Å². The van der Waals surface area contributed by atoms with E-state index in [9.17, 15) is 0 Å². The Bertz CT molecular complexity index is 175. The molecule has 16 heavy (non-hydrogen) atoms. The predicted molar refractivity (Wildman–Crippen MR) is 98.3 cm³/mol. The molecule has 5 heteroatoms. The van der Waals surface area contributed by atoms with Crippen LogP contribution in [0.15, 0.2) is 0 Å². The normalized spacial score (nSPS) is 16.3. The van der Waals surface area contributed by atoms with Gasteiger partial charge in [-0.05, 0) is 24.2 Å². The van der Waals surface area contributed by atoms with E-state index in [-0.39, 0.29) is 0 Å². The van der Waals surface area contributed by atoms with Crippen molar-refractivity contribution in [3.8, 4) is 0 Å². The van der Waals surface area contributed by atoms with E-state index in [0.29, 0.717) is 13.5 Å². The Kier molecular flexibility index (Phi) is 7.34. The molecule has 0 nitrogen and oxygen atoms in total. The van der Waals surface area contributed by atoms with Crippen LogP contribution in [0.4, 0.5) is 0 Å². The van der Waals surface area contributed by atoms with Crippen molar-refractivity contribution in [2.24, 2.45) is 0 Å². The van der Waals surface area contributed by atoms with Crippen molar-refractivity contribution < 1.29 is 0 Å². The molecule has 0 radical (unpaired) electrons. The second kappa shape index (κ2) is 6.50. The van der Waals surface area contributed by atoms with Gasteiger partial charge in [-0.1, -0.05) is 64.1 Å². The molecule has 0 fully saturated rings. The lowest BCUT2D eigenvalue weighted by molar-refractivity contribution is 0.799. The standard InChI is InChI=1S/C11H27BIP3/c1-9(2,3)14-12(15-10(4,5)6)16-11(7,8)13/h14-16H,1-8H3. The van der Waals surface area contributed by atoms with Crippen LogP contribution in [0, 0.1) is 0 Å². The lowest BCUT2D eigenvalue weighted by atomic mass is 10.3. The van der Waals surface area contributed by atoms with Crippen LogP contribution in [-0.2, 0) is 0 Å². The summed E-state index contributed by atoms with van der Waals surface area (Å²) in [5.41, 5.74) is 0. The van der Waals surface area contributed by atoms with Crippen molar-refractivity contribution >= 4 is 53.8 Å². The van der Waals surface area contributed by atoms with Gasteiger partial charge in [0.1, 0.15) is 0 Å². The van der Waals surface area contributed by atoms with Crippen molar-refractivity contribution in [2.75, 3.05) is 0 Å². The van der Waals surface area contributed by atoms with E-state index < -0.39 is 0 Å². The number of halogens is 1. The SMILES string of the molecule is CC(C)(C)PB(PC(C)(C)C)PC(C)(C)I. The summed E-state index contributed by atoms with van der Waals surface area (Å²) >= 11 is 2.62. The van der Waals surface area contributed by atoms with Crippen LogP contribution in [0.1, 0.15) is 55.4 Å². The Morgan fingerprint density at radius 1 is 0.688 bits per heavy atom. The Morgan fingerprint density at radius 3 is 1.19 bits per heavy atom. The molecule has 0 aromatic carbocycles. The summed E-state index contributed by atoms with van der Waals surface area (Å²) < 4.78 is 0.471. The molecule has 0 bridgehead atoms. The zero-order valence-electron chi connectivity index (χ0n) is 12.0. The highest BCUT2D eigenvalue weighted by atomic mass is 127. The van der Waals surface area contributed by atoms with E-state index in [0.717, 1.165) is 31.2 Å². The molecule has 0 N–H and O–H groups in total. The summed E-state index contributed by atoms with van der Waals surface area (Å²) in [5.74, 6) is 0.937. The van der Waals surface area contributed by atoms with Gasteiger partial charge in [0.25, 0.3) is 0 Å². The van der Waals surface area contributed by atoms with Gasteiger partial charge >= 0.3 is 0 Å². The molecule has 96 valence electrons. The summed E-state index contributed by atoms with van der Waals surface area (Å²) in [6.45, 7) is 19.1. The molecule has 0 aromatic rings. The Morgan fingerprint density at radius 2 is 1.00 bits per heavy atom. The molecule has 0 saturated heterocycles. The molecule has 0 spiro atoms. The van der Waals surface area contributed by atoms with Gasteiger partial charge in [0.15, 0.2) is 0 Å². The summed E-state index contributed by atoms with van der Waals surface area (Å²) in [6, 6.07) is 0. The molecule has 0 aliphatic heterocycles. The van der Waals surface area contributed by atoms with Gasteiger partial charge < -0.3 is 0 Å². The van der Waals surface area contributed by atoms with Crippen molar-refractivity contribution in [3.05, 3.63) is 0 Å². The lowest BCUT2D eigenvalue weighted by Gasteiger charge is -2.32. The molecule has 0 aliphatic rings. The number of rotatable bonds is 4. The quantitative estimate of drug-likeness (QED) is 0.247. The van der Waals surface area contributed by atoms with Crippen LogP contribution >= 0.6 is 48.0 Å². The number of hydrogen-bond acceptors (Lipinski definition) is 0. The fourth-order valence-corrected chi connectivity index (χ4v) is 14.7. The highest BCUT2D eigenvalue weighted by Gasteiger charge is 2.30. The molecule has 3 atom stereocenters. The largest absolute Gasteiger partial charge is 0.221 e. The van der Waals surface area contributed by atoms with Crippen molar-refractivity contribution in [2.45, 2.75) is 68.9 Å². The highest BCUT2D eigenvalue weighted by Crippen LogP contribution is 2.57. The van der Waals surface area contributed by atoms with Gasteiger partial charge in [0.05, 0.1) is 0 Å². The highest BCUT2D eigenvalue weighted by molar-refractivity contribution is 14.1. The number of hydrogen-bond donors (Lipinski definition) is 0. The average molecular weight is 390 g/mol. The van der Waals surface area contributed by atoms with Gasteiger partial charge in [0.2, 0.25) is 5.87 Å². The minimum absolute atomic E-state index is 0.471. The second-order valence-corrected chi connectivity index (χ2v) is 19.1. The third-order valence-corrected chi connectivity index (χ3v) is 8.46. The third kappa shape index (κ3) is 12.5. The van der Waals surface area contributed by atoms with Gasteiger partial charge in [-0.2, -0.15) is 0 Å². The Balaban J connectivity index is 4.53. The maximum absolute atomic E-state index is 2.62. The smallest absolute Gasteiger partial charge is 0.139 e. The topological polar surface area (TPSA) is 0 Å². The average Bonchev–Trinajstić information content (AvgIpc) is 1.70. The summed E-state index contributed by atoms with van der Waals surface area (Å²) in [7, 11) is 3.29. The summed E-state index contributed by atoms with van der Waals surface area (Å²) in [6.07, 6.45) is 0. The van der Waals surface area contributed by atoms with Crippen LogP contribution in [0.25, 0.3) is 0 Å². The van der Waals surface area contributed by atoms with E-state index in [4.69, 9.17) is 0 Å². The van der Waals surface area contributed by atoms with Crippen molar-refractivity contribution in [1.82, 2.24) is 0 Å². The van der Waals surface area contributed by atoms with Crippen LogP contribution in [0.2, 0.25) is 0 Å². The van der Waals surface area contributed by atoms with Gasteiger partial charge in [0, 0.05) is 3.16 Å². The molecular formula is C11H27BIP3. The van der Waals surface area contributed by atoms with Gasteiger partial charge in [-0.25, -0.2) is 0 Å². The van der Waals surface area contributed by atoms with E-state index in [1.54, 1.807) is 0 Å². The summed E-state index contributed by atoms with van der Waals surface area (Å²) in [4.78, 5) is 0. The first-order valence-electron chi connectivity index (χ1n) is 5.81. The zero-order valence-corrected chi connectivity index (χ0v) is 17.1. The van der Waals surface area contributed by atoms with Gasteiger partial charge in [-0.3, -0.25) is 0 Å². The molecule has 0 amide bonds. The fraction of sp³-hybridized carbons (Fsp3) is 1.00. The second-order valence-electron chi connectivity index (χ2n) is 6.84. The Labute approximate surface area is 122 Å². The van der Waals surface area contributed by atoms with E-state index in [2.05, 4.69) is 78.0 Å². The first-order chi connectivity index (χ1) is 6.79. The first-order valence-corrected chi connectivity index (χ1v) is 10.1. The zero-order chi connectivity index (χ0) is 13.2. The minimum atomic E-state index is 0.471. The van der Waals surface area contributed by atoms with Crippen molar-refractivity contribution in [1.29, 1.82) is 0 Å². The predicted octanol–water partition coefficient (Wildman–Crippen LogP) is 5.77. The monoisotopic (exact) mass is 390 g/mol. The molecule has 0 aromatic heterocycles. The fourth-order valence-electron chi connectivity index (χ4n) is 1.32.